The molecule has 2 unspecified atom stereocenters. The van der Waals surface area contributed by atoms with E-state index in [2.05, 4.69) is 0 Å². The number of hydrogen-bond donors (Lipinski definition) is 1. The molecule has 0 aliphatic heterocycles. The molecule has 0 bridgehead atoms. The van der Waals surface area contributed by atoms with Gasteiger partial charge in [-0.3, -0.25) is 0 Å². The molecule has 0 heterocycles. The fraction of sp³-hybridized carbons (Fsp3) is 1.00. The van der Waals surface area contributed by atoms with Gasteiger partial charge in [0.25, 0.3) is 0 Å². The summed E-state index contributed by atoms with van der Waals surface area (Å²) in [5.41, 5.74) is 0. The Hall–Kier alpha value is 0.500. The van der Waals surface area contributed by atoms with Gasteiger partial charge in [0.2, 0.25) is 0 Å². The lowest BCUT2D eigenvalue weighted by atomic mass is 10.0. The van der Waals surface area contributed by atoms with Crippen molar-refractivity contribution < 1.29 is 13.3 Å². The third-order valence-electron chi connectivity index (χ3n) is 1.000. The Morgan fingerprint density at radius 3 is 1.33 bits per heavy atom. The van der Waals surface area contributed by atoms with Crippen molar-refractivity contribution in [3.8, 4) is 0 Å². The van der Waals surface area contributed by atoms with Gasteiger partial charge in [0.1, 0.15) is 0 Å². The van der Waals surface area contributed by atoms with Crippen molar-refractivity contribution in [2.75, 3.05) is 0 Å². The zero-order chi connectivity index (χ0) is 6.41. The first-order valence-electron chi connectivity index (χ1n) is 2.52. The van der Waals surface area contributed by atoms with E-state index in [1.54, 1.807) is 0 Å². The minimum Gasteiger partial charge on any atom is -0.750 e. The molecule has 0 saturated heterocycles. The largest absolute Gasteiger partial charge is 0.750 e. The summed E-state index contributed by atoms with van der Waals surface area (Å²) in [5, 5.41) is 0. The second kappa shape index (κ2) is 8.50. The zero-order valence-electron chi connectivity index (χ0n) is 5.21. The number of rotatable bonds is 0. The third kappa shape index (κ3) is 17.7. The van der Waals surface area contributed by atoms with Crippen LogP contribution in [0.5, 0.6) is 0 Å². The van der Waals surface area contributed by atoms with Gasteiger partial charge in [-0.05, 0) is 0 Å². The van der Waals surface area contributed by atoms with E-state index in [0.29, 0.717) is 0 Å². The maximum Gasteiger partial charge on any atom is 0.0814 e. The first kappa shape index (κ1) is 12.2. The van der Waals surface area contributed by atoms with Crippen LogP contribution in [0.4, 0.5) is 0 Å². The lowest BCUT2D eigenvalue weighted by Gasteiger charge is -2.05. The molecule has 3 nitrogen and oxygen atoms in total. The van der Waals surface area contributed by atoms with Crippen LogP contribution in [0.3, 0.4) is 0 Å². The van der Waals surface area contributed by atoms with Crippen molar-refractivity contribution in [1.29, 1.82) is 0 Å². The highest BCUT2D eigenvalue weighted by Crippen LogP contribution is 2.15. The molecular formula is C4H12O3PS-. The van der Waals surface area contributed by atoms with Crippen LogP contribution in [0.25, 0.3) is 0 Å². The first-order chi connectivity index (χ1) is 3.73. The SMILES string of the molecule is C1CCC1.O=S([O-])O.P. The van der Waals surface area contributed by atoms with Crippen LogP contribution in [0.15, 0.2) is 0 Å². The summed E-state index contributed by atoms with van der Waals surface area (Å²) in [6.45, 7) is 0. The molecule has 1 aliphatic rings. The molecule has 0 aromatic carbocycles. The maximum atomic E-state index is 8.56. The van der Waals surface area contributed by atoms with Gasteiger partial charge in [0, 0.05) is 0 Å². The van der Waals surface area contributed by atoms with Gasteiger partial charge < -0.3 is 9.11 Å². The van der Waals surface area contributed by atoms with E-state index >= 15 is 0 Å². The van der Waals surface area contributed by atoms with Crippen molar-refractivity contribution in [3.05, 3.63) is 0 Å². The van der Waals surface area contributed by atoms with Crippen LogP contribution >= 0.6 is 9.90 Å². The van der Waals surface area contributed by atoms with Crippen LogP contribution in [-0.2, 0) is 11.4 Å². The van der Waals surface area contributed by atoms with Crippen molar-refractivity contribution >= 4 is 21.3 Å². The molecule has 1 aliphatic carbocycles. The van der Waals surface area contributed by atoms with Gasteiger partial charge in [-0.2, -0.15) is 9.90 Å². The summed E-state index contributed by atoms with van der Waals surface area (Å²) in [4.78, 5) is 0. The standard InChI is InChI=1S/C4H8.H2O3S.H3P/c1-2-4-3-1;1-4(2)3;/h1-4H2;(H2,1,2,3);1H3/p-1. The highest BCUT2D eigenvalue weighted by atomic mass is 32.2. The van der Waals surface area contributed by atoms with Gasteiger partial charge in [-0.15, -0.1) is 0 Å². The molecule has 2 atom stereocenters. The summed E-state index contributed by atoms with van der Waals surface area (Å²) < 4.78 is 24.1. The van der Waals surface area contributed by atoms with Gasteiger partial charge in [-0.25, -0.2) is 4.21 Å². The van der Waals surface area contributed by atoms with E-state index in [-0.39, 0.29) is 9.90 Å². The summed E-state index contributed by atoms with van der Waals surface area (Å²) in [7, 11) is 0. The van der Waals surface area contributed by atoms with E-state index in [0.717, 1.165) is 0 Å². The van der Waals surface area contributed by atoms with Crippen molar-refractivity contribution in [3.63, 3.8) is 0 Å². The van der Waals surface area contributed by atoms with Crippen LogP contribution in [0, 0.1) is 0 Å². The average Bonchev–Trinajstić information content (AvgIpc) is 1.19. The molecule has 1 saturated carbocycles. The minimum absolute atomic E-state index is 0. The smallest absolute Gasteiger partial charge is 0.0814 e. The molecule has 9 heavy (non-hydrogen) atoms. The van der Waals surface area contributed by atoms with E-state index in [1.165, 1.54) is 25.7 Å². The molecule has 1 fully saturated rings. The average molecular weight is 171 g/mol. The fourth-order valence-electron chi connectivity index (χ4n) is 0.250. The zero-order valence-corrected chi connectivity index (χ0v) is 7.44. The predicted octanol–water partition coefficient (Wildman–Crippen LogP) is 0.957. The molecule has 58 valence electrons. The second-order valence-electron chi connectivity index (χ2n) is 1.63. The van der Waals surface area contributed by atoms with Crippen LogP contribution in [0.2, 0.25) is 0 Å². The Balaban J connectivity index is 0. The minimum atomic E-state index is -2.86. The topological polar surface area (TPSA) is 60.4 Å². The fourth-order valence-corrected chi connectivity index (χ4v) is 0.250. The molecule has 0 aromatic rings. The normalized spacial score (nSPS) is 17.6. The van der Waals surface area contributed by atoms with Gasteiger partial charge in [-0.1, -0.05) is 25.7 Å². The lowest BCUT2D eigenvalue weighted by Crippen LogP contribution is -1.85. The summed E-state index contributed by atoms with van der Waals surface area (Å²) >= 11 is -2.86. The molecule has 0 spiro atoms. The Bertz CT molecular complexity index is 66.2. The highest BCUT2D eigenvalue weighted by molar-refractivity contribution is 7.73. The summed E-state index contributed by atoms with van der Waals surface area (Å²) in [6, 6.07) is 0. The van der Waals surface area contributed by atoms with Crippen molar-refractivity contribution in [2.45, 2.75) is 25.7 Å². The Morgan fingerprint density at radius 1 is 1.22 bits per heavy atom. The summed E-state index contributed by atoms with van der Waals surface area (Å²) in [5.74, 6) is 0. The Morgan fingerprint density at radius 2 is 1.33 bits per heavy atom. The van der Waals surface area contributed by atoms with Gasteiger partial charge in [0.05, 0.1) is 11.4 Å². The van der Waals surface area contributed by atoms with E-state index < -0.39 is 11.4 Å². The molecule has 5 heteroatoms. The molecule has 0 amide bonds. The maximum absolute atomic E-state index is 8.56. The number of hydrogen-bond acceptors (Lipinski definition) is 2. The quantitative estimate of drug-likeness (QED) is 0.436. The molecule has 1 rings (SSSR count). The second-order valence-corrected chi connectivity index (χ2v) is 2.07. The van der Waals surface area contributed by atoms with Crippen LogP contribution < -0.4 is 0 Å². The van der Waals surface area contributed by atoms with E-state index in [1.807, 2.05) is 0 Å². The van der Waals surface area contributed by atoms with Crippen LogP contribution in [0.1, 0.15) is 25.7 Å². The lowest BCUT2D eigenvalue weighted by molar-refractivity contribution is 0.436. The Kier molecular flexibility index (Phi) is 11.5. The molecule has 1 N–H and O–H groups in total. The highest BCUT2D eigenvalue weighted by Gasteiger charge is 1.95. The van der Waals surface area contributed by atoms with Gasteiger partial charge >= 0.3 is 0 Å². The van der Waals surface area contributed by atoms with Crippen LogP contribution in [-0.4, -0.2) is 13.3 Å². The van der Waals surface area contributed by atoms with E-state index in [4.69, 9.17) is 13.3 Å². The Labute approximate surface area is 61.0 Å². The summed E-state index contributed by atoms with van der Waals surface area (Å²) in [6.07, 6.45) is 6.00. The monoisotopic (exact) mass is 171 g/mol. The predicted molar refractivity (Wildman–Crippen MR) is 41.1 cm³/mol. The molecular weight excluding hydrogens is 159 g/mol. The molecule has 0 aromatic heterocycles. The third-order valence-corrected chi connectivity index (χ3v) is 1.000. The van der Waals surface area contributed by atoms with E-state index in [9.17, 15) is 0 Å². The first-order valence-corrected chi connectivity index (χ1v) is 3.55. The van der Waals surface area contributed by atoms with Crippen molar-refractivity contribution in [1.82, 2.24) is 0 Å². The molecule has 0 radical (unpaired) electrons. The van der Waals surface area contributed by atoms with Gasteiger partial charge in [0.15, 0.2) is 0 Å². The van der Waals surface area contributed by atoms with Crippen molar-refractivity contribution in [2.24, 2.45) is 0 Å².